The summed E-state index contributed by atoms with van der Waals surface area (Å²) in [5.74, 6) is 0.124. The zero-order valence-corrected chi connectivity index (χ0v) is 14.5. The number of rotatable bonds is 6. The molecule has 1 aliphatic rings. The van der Waals surface area contributed by atoms with E-state index in [2.05, 4.69) is 10.6 Å². The number of carbonyl (C=O) groups excluding carboxylic acids is 1. The average Bonchev–Trinajstić information content (AvgIpc) is 3.23. The second kappa shape index (κ2) is 7.49. The van der Waals surface area contributed by atoms with Crippen molar-refractivity contribution in [2.75, 3.05) is 6.54 Å². The molecule has 4 nitrogen and oxygen atoms in total. The molecule has 1 aliphatic carbocycles. The van der Waals surface area contributed by atoms with Crippen LogP contribution in [0.1, 0.15) is 39.2 Å². The van der Waals surface area contributed by atoms with Gasteiger partial charge in [0.2, 0.25) is 0 Å². The van der Waals surface area contributed by atoms with E-state index in [-0.39, 0.29) is 11.9 Å². The second-order valence-electron chi connectivity index (χ2n) is 6.92. The fourth-order valence-corrected chi connectivity index (χ4v) is 2.58. The summed E-state index contributed by atoms with van der Waals surface area (Å²) in [7, 11) is 0. The van der Waals surface area contributed by atoms with Crippen LogP contribution in [0, 0.1) is 11.7 Å². The van der Waals surface area contributed by atoms with Crippen molar-refractivity contribution in [2.24, 2.45) is 5.92 Å². The molecule has 6 heteroatoms. The first kappa shape index (κ1) is 18.0. The van der Waals surface area contributed by atoms with Crippen molar-refractivity contribution in [3.8, 4) is 0 Å². The highest BCUT2D eigenvalue weighted by Gasteiger charge is 2.33. The molecule has 23 heavy (non-hydrogen) atoms. The van der Waals surface area contributed by atoms with Gasteiger partial charge in [-0.2, -0.15) is 0 Å². The van der Waals surface area contributed by atoms with E-state index in [0.717, 1.165) is 12.8 Å². The summed E-state index contributed by atoms with van der Waals surface area (Å²) < 4.78 is 19.0. The van der Waals surface area contributed by atoms with Crippen LogP contribution in [0.2, 0.25) is 5.02 Å². The third-order valence-corrected chi connectivity index (χ3v) is 3.98. The molecule has 1 atom stereocenters. The van der Waals surface area contributed by atoms with E-state index in [4.69, 9.17) is 16.3 Å². The number of alkyl carbamates (subject to hydrolysis) is 1. The van der Waals surface area contributed by atoms with Crippen molar-refractivity contribution in [3.05, 3.63) is 34.6 Å². The Morgan fingerprint density at radius 1 is 1.43 bits per heavy atom. The smallest absolute Gasteiger partial charge is 0.407 e. The molecule has 1 fully saturated rings. The molecule has 2 rings (SSSR count). The number of halogens is 2. The van der Waals surface area contributed by atoms with Crippen molar-refractivity contribution < 1.29 is 13.9 Å². The summed E-state index contributed by atoms with van der Waals surface area (Å²) in [6, 6.07) is 4.62. The molecule has 0 aromatic heterocycles. The van der Waals surface area contributed by atoms with Gasteiger partial charge < -0.3 is 15.4 Å². The molecule has 2 N–H and O–H groups in total. The average molecular weight is 343 g/mol. The molecule has 0 spiro atoms. The SMILES string of the molecule is CC(C)(C)OC(=O)NC(CNCc1c(F)cccc1Cl)C1CC1. The quantitative estimate of drug-likeness (QED) is 0.825. The van der Waals surface area contributed by atoms with Crippen LogP contribution in [0.5, 0.6) is 0 Å². The molecule has 1 amide bonds. The van der Waals surface area contributed by atoms with Crippen LogP contribution in [-0.2, 0) is 11.3 Å². The molecule has 0 aliphatic heterocycles. The number of benzene rings is 1. The zero-order chi connectivity index (χ0) is 17.0. The van der Waals surface area contributed by atoms with Crippen LogP contribution in [0.3, 0.4) is 0 Å². The summed E-state index contributed by atoms with van der Waals surface area (Å²) in [4.78, 5) is 11.9. The monoisotopic (exact) mass is 342 g/mol. The highest BCUT2D eigenvalue weighted by Crippen LogP contribution is 2.32. The fourth-order valence-electron chi connectivity index (χ4n) is 2.35. The number of nitrogens with one attached hydrogen (secondary N) is 2. The molecule has 128 valence electrons. The van der Waals surface area contributed by atoms with Gasteiger partial charge in [-0.3, -0.25) is 0 Å². The minimum atomic E-state index is -0.522. The third-order valence-electron chi connectivity index (χ3n) is 3.62. The summed E-state index contributed by atoms with van der Waals surface area (Å²) in [5, 5.41) is 6.48. The van der Waals surface area contributed by atoms with Crippen LogP contribution >= 0.6 is 11.6 Å². The molecule has 1 unspecified atom stereocenters. The van der Waals surface area contributed by atoms with E-state index in [1.54, 1.807) is 12.1 Å². The molecule has 0 bridgehead atoms. The van der Waals surface area contributed by atoms with Crippen LogP contribution < -0.4 is 10.6 Å². The Morgan fingerprint density at radius 2 is 2.13 bits per heavy atom. The van der Waals surface area contributed by atoms with E-state index >= 15 is 0 Å². The first-order valence-corrected chi connectivity index (χ1v) is 8.27. The summed E-state index contributed by atoms with van der Waals surface area (Å²) in [6.45, 7) is 6.37. The predicted molar refractivity (Wildman–Crippen MR) is 89.0 cm³/mol. The third kappa shape index (κ3) is 5.99. The van der Waals surface area contributed by atoms with Gasteiger partial charge in [0, 0.05) is 29.7 Å². The Kier molecular flexibility index (Phi) is 5.87. The Morgan fingerprint density at radius 3 is 2.70 bits per heavy atom. The molecule has 0 saturated heterocycles. The number of amides is 1. The van der Waals surface area contributed by atoms with Gasteiger partial charge >= 0.3 is 6.09 Å². The second-order valence-corrected chi connectivity index (χ2v) is 7.33. The lowest BCUT2D eigenvalue weighted by molar-refractivity contribution is 0.0497. The Bertz CT molecular complexity index is 536. The van der Waals surface area contributed by atoms with Gasteiger partial charge in [0.25, 0.3) is 0 Å². The molecular formula is C17H24ClFN2O2. The fraction of sp³-hybridized carbons (Fsp3) is 0.588. The zero-order valence-electron chi connectivity index (χ0n) is 13.8. The lowest BCUT2D eigenvalue weighted by Gasteiger charge is -2.24. The highest BCUT2D eigenvalue weighted by atomic mass is 35.5. The first-order chi connectivity index (χ1) is 10.8. The van der Waals surface area contributed by atoms with Gasteiger partial charge in [-0.25, -0.2) is 9.18 Å². The normalized spacial score (nSPS) is 16.0. The van der Waals surface area contributed by atoms with E-state index in [9.17, 15) is 9.18 Å². The molecule has 1 aromatic carbocycles. The van der Waals surface area contributed by atoms with Crippen molar-refractivity contribution in [3.63, 3.8) is 0 Å². The number of carbonyl (C=O) groups is 1. The van der Waals surface area contributed by atoms with Crippen LogP contribution in [0.4, 0.5) is 9.18 Å². The van der Waals surface area contributed by atoms with Crippen molar-refractivity contribution in [1.82, 2.24) is 10.6 Å². The van der Waals surface area contributed by atoms with Crippen LogP contribution in [0.25, 0.3) is 0 Å². The highest BCUT2D eigenvalue weighted by molar-refractivity contribution is 6.31. The molecule has 0 radical (unpaired) electrons. The summed E-state index contributed by atoms with van der Waals surface area (Å²) >= 11 is 6.01. The lowest BCUT2D eigenvalue weighted by atomic mass is 10.1. The number of ether oxygens (including phenoxy) is 1. The summed E-state index contributed by atoms with van der Waals surface area (Å²) in [6.07, 6.45) is 1.76. The van der Waals surface area contributed by atoms with Crippen molar-refractivity contribution in [2.45, 2.75) is 51.8 Å². The maximum absolute atomic E-state index is 13.7. The van der Waals surface area contributed by atoms with Gasteiger partial charge in [0.05, 0.1) is 0 Å². The van der Waals surface area contributed by atoms with Crippen molar-refractivity contribution in [1.29, 1.82) is 0 Å². The van der Waals surface area contributed by atoms with Gasteiger partial charge in [-0.05, 0) is 51.7 Å². The maximum atomic E-state index is 13.7. The Balaban J connectivity index is 1.85. The Hall–Kier alpha value is -1.33. The largest absolute Gasteiger partial charge is 0.444 e. The maximum Gasteiger partial charge on any atom is 0.407 e. The molecule has 1 saturated carbocycles. The van der Waals surface area contributed by atoms with Crippen LogP contribution in [0.15, 0.2) is 18.2 Å². The van der Waals surface area contributed by atoms with E-state index in [1.807, 2.05) is 20.8 Å². The molecule has 0 heterocycles. The molecule has 1 aromatic rings. The number of hydrogen-bond acceptors (Lipinski definition) is 3. The number of hydrogen-bond donors (Lipinski definition) is 2. The predicted octanol–water partition coefficient (Wildman–Crippen LogP) is 3.87. The summed E-state index contributed by atoms with van der Waals surface area (Å²) in [5.41, 5.74) is -0.0762. The standard InChI is InChI=1S/C17H24ClFN2O2/c1-17(2,3)23-16(22)21-15(11-7-8-11)10-20-9-12-13(18)5-4-6-14(12)19/h4-6,11,15,20H,7-10H2,1-3H3,(H,21,22). The van der Waals surface area contributed by atoms with E-state index in [0.29, 0.717) is 29.6 Å². The lowest BCUT2D eigenvalue weighted by Crippen LogP contribution is -2.45. The van der Waals surface area contributed by atoms with Gasteiger partial charge in [-0.15, -0.1) is 0 Å². The van der Waals surface area contributed by atoms with Gasteiger partial charge in [0.1, 0.15) is 11.4 Å². The first-order valence-electron chi connectivity index (χ1n) is 7.89. The minimum Gasteiger partial charge on any atom is -0.444 e. The molecular weight excluding hydrogens is 319 g/mol. The topological polar surface area (TPSA) is 50.4 Å². The van der Waals surface area contributed by atoms with E-state index in [1.165, 1.54) is 6.07 Å². The minimum absolute atomic E-state index is 0.0181. The van der Waals surface area contributed by atoms with E-state index < -0.39 is 11.7 Å². The van der Waals surface area contributed by atoms with Gasteiger partial charge in [0.15, 0.2) is 0 Å². The Labute approximate surface area is 141 Å². The van der Waals surface area contributed by atoms with Gasteiger partial charge in [-0.1, -0.05) is 17.7 Å². The van der Waals surface area contributed by atoms with Crippen molar-refractivity contribution >= 4 is 17.7 Å². The van der Waals surface area contributed by atoms with Crippen LogP contribution in [-0.4, -0.2) is 24.3 Å².